The van der Waals surface area contributed by atoms with Gasteiger partial charge in [0.15, 0.2) is 0 Å². The van der Waals surface area contributed by atoms with Crippen LogP contribution < -0.4 is 0 Å². The van der Waals surface area contributed by atoms with Crippen LogP contribution >= 0.6 is 0 Å². The molecule has 0 spiro atoms. The summed E-state index contributed by atoms with van der Waals surface area (Å²) in [6.45, 7) is 12.1. The number of aliphatic hydroxyl groups excluding tert-OH is 1. The highest BCUT2D eigenvalue weighted by molar-refractivity contribution is 5.08. The summed E-state index contributed by atoms with van der Waals surface area (Å²) in [5, 5.41) is 9.73. The number of hydrogen-bond donors (Lipinski definition) is 1. The molecule has 4 atom stereocenters. The monoisotopic (exact) mass is 255 g/mol. The number of ether oxygens (including phenoxy) is 1. The molecule has 0 radical (unpaired) electrons. The van der Waals surface area contributed by atoms with Gasteiger partial charge in [-0.05, 0) is 47.5 Å². The highest BCUT2D eigenvalue weighted by Crippen LogP contribution is 2.49. The summed E-state index contributed by atoms with van der Waals surface area (Å²) in [5.41, 5.74) is 0.200. The Morgan fingerprint density at radius 3 is 2.17 bits per heavy atom. The minimum absolute atomic E-state index is 0.200. The Bertz CT molecular complexity index is 285. The van der Waals surface area contributed by atoms with Crippen molar-refractivity contribution in [2.45, 2.75) is 71.2 Å². The number of rotatable bonds is 4. The van der Waals surface area contributed by atoms with Crippen LogP contribution in [0, 0.1) is 11.8 Å². The molecule has 0 aromatic carbocycles. The summed E-state index contributed by atoms with van der Waals surface area (Å²) in [7, 11) is 0. The van der Waals surface area contributed by atoms with Crippen molar-refractivity contribution in [3.8, 4) is 0 Å². The largest absolute Gasteiger partial charge is 0.396 e. The van der Waals surface area contributed by atoms with E-state index in [1.54, 1.807) is 0 Å². The van der Waals surface area contributed by atoms with Crippen molar-refractivity contribution in [2.75, 3.05) is 13.2 Å². The molecular weight excluding hydrogens is 226 g/mol. The summed E-state index contributed by atoms with van der Waals surface area (Å²) in [6.07, 6.45) is 2.79. The predicted octanol–water partition coefficient (Wildman–Crippen LogP) is 2.28. The first-order chi connectivity index (χ1) is 8.36. The molecule has 3 nitrogen and oxygen atoms in total. The van der Waals surface area contributed by atoms with E-state index < -0.39 is 0 Å². The third-order valence-electron chi connectivity index (χ3n) is 4.62. The van der Waals surface area contributed by atoms with Crippen LogP contribution in [0.4, 0.5) is 0 Å². The van der Waals surface area contributed by atoms with E-state index in [-0.39, 0.29) is 11.6 Å². The van der Waals surface area contributed by atoms with Crippen LogP contribution in [0.15, 0.2) is 0 Å². The van der Waals surface area contributed by atoms with Crippen molar-refractivity contribution in [1.29, 1.82) is 0 Å². The molecule has 2 saturated heterocycles. The summed E-state index contributed by atoms with van der Waals surface area (Å²) < 4.78 is 5.83. The minimum atomic E-state index is 0.200. The molecule has 0 aromatic rings. The van der Waals surface area contributed by atoms with Gasteiger partial charge in [0.05, 0.1) is 12.7 Å². The molecule has 1 N–H and O–H groups in total. The summed E-state index contributed by atoms with van der Waals surface area (Å²) in [5.74, 6) is 0.914. The Balaban J connectivity index is 2.11. The summed E-state index contributed by atoms with van der Waals surface area (Å²) >= 11 is 0. The van der Waals surface area contributed by atoms with Crippen LogP contribution in [-0.2, 0) is 4.74 Å². The van der Waals surface area contributed by atoms with Crippen molar-refractivity contribution < 1.29 is 9.84 Å². The molecule has 2 bridgehead atoms. The second-order valence-electron chi connectivity index (χ2n) is 7.18. The van der Waals surface area contributed by atoms with Crippen LogP contribution in [0.25, 0.3) is 0 Å². The van der Waals surface area contributed by atoms with Gasteiger partial charge in [-0.15, -0.1) is 0 Å². The molecule has 106 valence electrons. The molecule has 2 aliphatic rings. The molecule has 0 aliphatic carbocycles. The number of hydrogen-bond acceptors (Lipinski definition) is 3. The van der Waals surface area contributed by atoms with Crippen LogP contribution in [0.1, 0.15) is 47.5 Å². The molecular formula is C15H29NO2. The van der Waals surface area contributed by atoms with Gasteiger partial charge < -0.3 is 9.84 Å². The Labute approximate surface area is 112 Å². The van der Waals surface area contributed by atoms with E-state index in [2.05, 4.69) is 39.5 Å². The number of aliphatic hydroxyl groups is 1. The zero-order valence-corrected chi connectivity index (χ0v) is 12.5. The molecule has 2 rings (SSSR count). The highest BCUT2D eigenvalue weighted by atomic mass is 16.5. The van der Waals surface area contributed by atoms with Gasteiger partial charge in [0, 0.05) is 36.1 Å². The lowest BCUT2D eigenvalue weighted by molar-refractivity contribution is 0.0167. The predicted molar refractivity (Wildman–Crippen MR) is 73.6 cm³/mol. The first kappa shape index (κ1) is 14.3. The third-order valence-corrected chi connectivity index (χ3v) is 4.62. The van der Waals surface area contributed by atoms with Crippen LogP contribution in [-0.4, -0.2) is 46.9 Å². The van der Waals surface area contributed by atoms with E-state index >= 15 is 0 Å². The minimum Gasteiger partial charge on any atom is -0.396 e. The van der Waals surface area contributed by atoms with Gasteiger partial charge in [-0.25, -0.2) is 0 Å². The molecule has 0 aromatic heterocycles. The maximum atomic E-state index is 9.73. The lowest BCUT2D eigenvalue weighted by Gasteiger charge is -2.37. The number of nitrogens with zero attached hydrogens (tertiary/aromatic N) is 1. The van der Waals surface area contributed by atoms with Gasteiger partial charge in [-0.3, -0.25) is 4.90 Å². The van der Waals surface area contributed by atoms with Crippen molar-refractivity contribution in [3.63, 3.8) is 0 Å². The van der Waals surface area contributed by atoms with Crippen LogP contribution in [0.3, 0.4) is 0 Å². The maximum Gasteiger partial charge on any atom is 0.0519 e. The molecule has 18 heavy (non-hydrogen) atoms. The van der Waals surface area contributed by atoms with Crippen molar-refractivity contribution >= 4 is 0 Å². The average molecular weight is 255 g/mol. The standard InChI is InChI=1S/C15H29NO2/c1-10(2)18-9-12-11(8-17)13-6-7-14(12)16(13)15(3,4)5/h10-14,17H,6-9H2,1-5H3. The SMILES string of the molecule is CC(C)OCC1C(CO)C2CCC1N2C(C)(C)C. The molecule has 0 amide bonds. The smallest absolute Gasteiger partial charge is 0.0519 e. The normalized spacial score (nSPS) is 36.8. The molecule has 4 unspecified atom stereocenters. The van der Waals surface area contributed by atoms with E-state index in [0.29, 0.717) is 30.5 Å². The lowest BCUT2D eigenvalue weighted by Crippen LogP contribution is -2.46. The van der Waals surface area contributed by atoms with Crippen molar-refractivity contribution in [2.24, 2.45) is 11.8 Å². The highest BCUT2D eigenvalue weighted by Gasteiger charge is 2.55. The first-order valence-corrected chi connectivity index (χ1v) is 7.37. The van der Waals surface area contributed by atoms with Crippen molar-refractivity contribution in [3.05, 3.63) is 0 Å². The van der Waals surface area contributed by atoms with E-state index in [4.69, 9.17) is 4.74 Å². The fourth-order valence-electron chi connectivity index (χ4n) is 4.07. The maximum absolute atomic E-state index is 9.73. The quantitative estimate of drug-likeness (QED) is 0.836. The fraction of sp³-hybridized carbons (Fsp3) is 1.00. The lowest BCUT2D eigenvalue weighted by atomic mass is 9.80. The van der Waals surface area contributed by atoms with Gasteiger partial charge in [0.2, 0.25) is 0 Å². The zero-order chi connectivity index (χ0) is 13.5. The average Bonchev–Trinajstić information content (AvgIpc) is 2.80. The van der Waals surface area contributed by atoms with Gasteiger partial charge in [-0.1, -0.05) is 0 Å². The summed E-state index contributed by atoms with van der Waals surface area (Å²) in [4.78, 5) is 2.64. The van der Waals surface area contributed by atoms with E-state index in [1.165, 1.54) is 12.8 Å². The Morgan fingerprint density at radius 2 is 1.72 bits per heavy atom. The Morgan fingerprint density at radius 1 is 1.17 bits per heavy atom. The van der Waals surface area contributed by atoms with Gasteiger partial charge >= 0.3 is 0 Å². The van der Waals surface area contributed by atoms with Crippen LogP contribution in [0.2, 0.25) is 0 Å². The van der Waals surface area contributed by atoms with Gasteiger partial charge in [0.1, 0.15) is 0 Å². The molecule has 2 heterocycles. The molecule has 2 aliphatic heterocycles. The second-order valence-corrected chi connectivity index (χ2v) is 7.18. The number of fused-ring (bicyclic) bond motifs is 2. The molecule has 0 saturated carbocycles. The topological polar surface area (TPSA) is 32.7 Å². The van der Waals surface area contributed by atoms with E-state index in [0.717, 1.165) is 6.61 Å². The van der Waals surface area contributed by atoms with E-state index in [1.807, 2.05) is 0 Å². The summed E-state index contributed by atoms with van der Waals surface area (Å²) in [6, 6.07) is 1.16. The second kappa shape index (κ2) is 5.10. The first-order valence-electron chi connectivity index (χ1n) is 7.37. The fourth-order valence-corrected chi connectivity index (χ4v) is 4.07. The Hall–Kier alpha value is -0.120. The van der Waals surface area contributed by atoms with E-state index in [9.17, 15) is 5.11 Å². The van der Waals surface area contributed by atoms with Crippen LogP contribution in [0.5, 0.6) is 0 Å². The molecule has 2 fully saturated rings. The zero-order valence-electron chi connectivity index (χ0n) is 12.5. The van der Waals surface area contributed by atoms with Crippen molar-refractivity contribution in [1.82, 2.24) is 4.90 Å². The third kappa shape index (κ3) is 2.45. The Kier molecular flexibility index (Phi) is 4.05. The molecule has 3 heteroatoms. The van der Waals surface area contributed by atoms with Gasteiger partial charge in [0.25, 0.3) is 0 Å². The van der Waals surface area contributed by atoms with Gasteiger partial charge in [-0.2, -0.15) is 0 Å².